The molecule has 61 heavy (non-hydrogen) atoms. The first-order valence-corrected chi connectivity index (χ1v) is 23.5. The molecule has 6 rings (SSSR count). The number of hydrogen-bond donors (Lipinski definition) is 3. The second-order valence-electron chi connectivity index (χ2n) is 15.8. The largest absolute Gasteiger partial charge is 0.459 e. The van der Waals surface area contributed by atoms with E-state index in [-0.39, 0.29) is 82.8 Å². The van der Waals surface area contributed by atoms with Crippen molar-refractivity contribution in [3.63, 3.8) is 0 Å². The number of amides is 1. The summed E-state index contributed by atoms with van der Waals surface area (Å²) in [6, 6.07) is 13.0. The van der Waals surface area contributed by atoms with E-state index in [1.807, 2.05) is 42.7 Å². The van der Waals surface area contributed by atoms with E-state index in [1.54, 1.807) is 22.7 Å². The Morgan fingerprint density at radius 2 is 1.80 bits per heavy atom. The topological polar surface area (TPSA) is 158 Å². The van der Waals surface area contributed by atoms with E-state index in [9.17, 15) is 20.1 Å². The van der Waals surface area contributed by atoms with E-state index in [4.69, 9.17) is 50.0 Å². The maximum absolute atomic E-state index is 14.3. The molecule has 2 heterocycles. The van der Waals surface area contributed by atoms with Crippen LogP contribution >= 0.6 is 23.4 Å². The van der Waals surface area contributed by atoms with Crippen molar-refractivity contribution in [3.05, 3.63) is 72.3 Å². The van der Waals surface area contributed by atoms with E-state index in [0.29, 0.717) is 48.8 Å². The molecule has 0 bridgehead atoms. The minimum Gasteiger partial charge on any atom is -0.459 e. The van der Waals surface area contributed by atoms with Crippen LogP contribution in [0.15, 0.2) is 76.8 Å². The summed E-state index contributed by atoms with van der Waals surface area (Å²) < 4.78 is 38.3. The van der Waals surface area contributed by atoms with Crippen LogP contribution < -0.4 is 9.47 Å². The zero-order chi connectivity index (χ0) is 43.0. The Balaban J connectivity index is 1.56. The molecule has 0 spiro atoms. The Bertz CT molecular complexity index is 1760. The van der Waals surface area contributed by atoms with Crippen LogP contribution in [0.2, 0.25) is 0 Å². The quantitative estimate of drug-likeness (QED) is 0.0307. The number of ether oxygens (including phenoxy) is 6. The number of alkyl halides is 1. The lowest BCUT2D eigenvalue weighted by Crippen LogP contribution is -2.70. The molecule has 1 saturated carbocycles. The van der Waals surface area contributed by atoms with Crippen LogP contribution in [0.5, 0.6) is 17.2 Å². The molecule has 2 aliphatic carbocycles. The van der Waals surface area contributed by atoms with E-state index < -0.39 is 30.1 Å². The van der Waals surface area contributed by atoms with Gasteiger partial charge in [-0.05, 0) is 105 Å². The molecule has 13 nitrogen and oxygen atoms in total. The zero-order valence-corrected chi connectivity index (χ0v) is 36.9. The van der Waals surface area contributed by atoms with Crippen molar-refractivity contribution in [3.8, 4) is 17.2 Å². The second-order valence-corrected chi connectivity index (χ2v) is 17.0. The van der Waals surface area contributed by atoms with Crippen LogP contribution in [0.3, 0.4) is 0 Å². The molecule has 7 atom stereocenters. The minimum absolute atomic E-state index is 0.0170. The standard InChI is InChI=1S/C46H63ClN2O11S/c1-3-24-57-46-41(49(20-27-54-28-23-52)45(53)56-26-19-47)31-39(48-60-42-12-6-9-25-55-42)37-29-32(10-4-7-21-50)36(11-5-8-22-51)43(44(37)46)38-30-34(15-18-40(38)59-46)58-33-13-16-35(61-2)17-14-33/h3,13-18,29-30,32,36,41-44,50-52H,1,4-12,19-28,31H2,2H3/t32-,36+,41-,42?,43+,44+,46+/m0/s1. The molecule has 2 aliphatic heterocycles. The van der Waals surface area contributed by atoms with Crippen LogP contribution in [0.4, 0.5) is 4.79 Å². The highest BCUT2D eigenvalue weighted by molar-refractivity contribution is 7.98. The van der Waals surface area contributed by atoms with Crippen LogP contribution in [0, 0.1) is 17.8 Å². The van der Waals surface area contributed by atoms with Crippen molar-refractivity contribution in [2.24, 2.45) is 22.9 Å². The van der Waals surface area contributed by atoms with Crippen molar-refractivity contribution in [2.75, 3.05) is 71.5 Å². The van der Waals surface area contributed by atoms with Gasteiger partial charge in [0.25, 0.3) is 0 Å². The molecular formula is C46H63ClN2O11S. The van der Waals surface area contributed by atoms with Gasteiger partial charge in [-0.1, -0.05) is 30.1 Å². The third-order valence-corrected chi connectivity index (χ3v) is 12.9. The Kier molecular flexibility index (Phi) is 18.5. The summed E-state index contributed by atoms with van der Waals surface area (Å²) in [5, 5.41) is 34.3. The fourth-order valence-electron chi connectivity index (χ4n) is 9.32. The smallest absolute Gasteiger partial charge is 0.410 e. The summed E-state index contributed by atoms with van der Waals surface area (Å²) in [6.07, 6.45) is 12.2. The molecule has 3 N–H and O–H groups in total. The van der Waals surface area contributed by atoms with Gasteiger partial charge in [-0.2, -0.15) is 0 Å². The Morgan fingerprint density at radius 1 is 1.02 bits per heavy atom. The lowest BCUT2D eigenvalue weighted by Gasteiger charge is -2.59. The van der Waals surface area contributed by atoms with Gasteiger partial charge in [-0.15, -0.1) is 29.9 Å². The predicted molar refractivity (Wildman–Crippen MR) is 235 cm³/mol. The van der Waals surface area contributed by atoms with Gasteiger partial charge in [0.1, 0.15) is 29.9 Å². The molecule has 4 aliphatic rings. The number of fused-ring (bicyclic) bond motifs is 2. The third-order valence-electron chi connectivity index (χ3n) is 12.0. The van der Waals surface area contributed by atoms with Gasteiger partial charge in [-0.25, -0.2) is 4.79 Å². The van der Waals surface area contributed by atoms with Crippen molar-refractivity contribution in [2.45, 2.75) is 93.1 Å². The first-order chi connectivity index (χ1) is 29.9. The van der Waals surface area contributed by atoms with Gasteiger partial charge in [-0.3, -0.25) is 4.90 Å². The molecule has 2 aromatic rings. The normalized spacial score (nSPS) is 26.0. The predicted octanol–water partition coefficient (Wildman–Crippen LogP) is 8.05. The Morgan fingerprint density at radius 3 is 2.51 bits per heavy atom. The fraction of sp³-hybridized carbons (Fsp3) is 0.609. The number of unbranched alkanes of at least 4 members (excludes halogenated alkanes) is 2. The van der Waals surface area contributed by atoms with Gasteiger partial charge in [0.15, 0.2) is 0 Å². The SMILES string of the molecule is C=CCO[C@@]12Oc3ccc(Oc4ccc(SC)cc4)cc3[C@H]3[C@H](CCCCO)[C@@H](CCCCO)C=C(C(=NOC4CCCCO4)C[C@@H]1N(CCOCCO)C(=O)OCCCl)[C@H]32. The average Bonchev–Trinajstić information content (AvgIpc) is 3.29. The molecule has 0 aromatic heterocycles. The number of benzene rings is 2. The number of aliphatic hydroxyl groups excluding tert-OH is 3. The maximum Gasteiger partial charge on any atom is 0.410 e. The monoisotopic (exact) mass is 886 g/mol. The van der Waals surface area contributed by atoms with Gasteiger partial charge in [0.05, 0.1) is 50.5 Å². The minimum atomic E-state index is -1.49. The molecule has 0 radical (unpaired) electrons. The number of thioether (sulfide) groups is 1. The maximum atomic E-state index is 14.3. The van der Waals surface area contributed by atoms with Crippen LogP contribution in [-0.4, -0.2) is 122 Å². The Hall–Kier alpha value is -3.34. The number of carbonyl (C=O) groups excluding carboxylic acids is 1. The number of aliphatic hydroxyl groups is 3. The highest BCUT2D eigenvalue weighted by Gasteiger charge is 2.65. The summed E-state index contributed by atoms with van der Waals surface area (Å²) in [5.74, 6) is -0.143. The van der Waals surface area contributed by atoms with Crippen molar-refractivity contribution < 1.29 is 53.4 Å². The summed E-state index contributed by atoms with van der Waals surface area (Å²) in [6.45, 7) is 4.96. The number of halogens is 1. The van der Waals surface area contributed by atoms with E-state index >= 15 is 0 Å². The number of allylic oxidation sites excluding steroid dienone is 1. The van der Waals surface area contributed by atoms with Gasteiger partial charge < -0.3 is 48.6 Å². The van der Waals surface area contributed by atoms with Crippen LogP contribution in [-0.2, 0) is 23.8 Å². The fourth-order valence-corrected chi connectivity index (χ4v) is 9.81. The summed E-state index contributed by atoms with van der Waals surface area (Å²) in [4.78, 5) is 23.2. The highest BCUT2D eigenvalue weighted by Crippen LogP contribution is 2.62. The first-order valence-electron chi connectivity index (χ1n) is 21.8. The molecule has 15 heteroatoms. The molecule has 2 aromatic carbocycles. The zero-order valence-electron chi connectivity index (χ0n) is 35.3. The molecule has 2 fully saturated rings. The number of rotatable bonds is 24. The summed E-state index contributed by atoms with van der Waals surface area (Å²) in [7, 11) is 0. The molecular weight excluding hydrogens is 824 g/mol. The highest BCUT2D eigenvalue weighted by atomic mass is 35.5. The number of carbonyl (C=O) groups is 1. The van der Waals surface area contributed by atoms with E-state index in [2.05, 4.69) is 18.7 Å². The molecule has 1 amide bonds. The van der Waals surface area contributed by atoms with Gasteiger partial charge >= 0.3 is 6.09 Å². The third kappa shape index (κ3) is 11.6. The molecule has 1 saturated heterocycles. The van der Waals surface area contributed by atoms with Gasteiger partial charge in [0, 0.05) is 49.0 Å². The van der Waals surface area contributed by atoms with Crippen molar-refractivity contribution in [1.82, 2.24) is 4.90 Å². The summed E-state index contributed by atoms with van der Waals surface area (Å²) >= 11 is 7.71. The van der Waals surface area contributed by atoms with Crippen molar-refractivity contribution >= 4 is 35.2 Å². The molecule has 1 unspecified atom stereocenters. The lowest BCUT2D eigenvalue weighted by molar-refractivity contribution is -0.256. The number of oxime groups is 1. The van der Waals surface area contributed by atoms with Crippen molar-refractivity contribution in [1.29, 1.82) is 0 Å². The first kappa shape index (κ1) is 47.1. The second kappa shape index (κ2) is 23.9. The Labute approximate surface area is 369 Å². The van der Waals surface area contributed by atoms with E-state index in [0.717, 1.165) is 54.6 Å². The summed E-state index contributed by atoms with van der Waals surface area (Å²) in [5.41, 5.74) is 2.49. The van der Waals surface area contributed by atoms with Crippen LogP contribution in [0.25, 0.3) is 0 Å². The number of nitrogens with zero attached hydrogens (tertiary/aromatic N) is 2. The lowest BCUT2D eigenvalue weighted by atomic mass is 9.55. The molecule has 336 valence electrons. The van der Waals surface area contributed by atoms with Gasteiger partial charge in [0.2, 0.25) is 12.1 Å². The van der Waals surface area contributed by atoms with Crippen LogP contribution in [0.1, 0.15) is 75.7 Å². The average molecular weight is 888 g/mol. The van der Waals surface area contributed by atoms with E-state index in [1.165, 1.54) is 0 Å². The number of hydrogen-bond acceptors (Lipinski definition) is 13.